The predicted octanol–water partition coefficient (Wildman–Crippen LogP) is 3.10. The molecule has 0 spiro atoms. The fourth-order valence-corrected chi connectivity index (χ4v) is 3.63. The number of anilines is 1. The van der Waals surface area contributed by atoms with Crippen molar-refractivity contribution in [3.8, 4) is 11.1 Å². The van der Waals surface area contributed by atoms with Crippen LogP contribution in [0.3, 0.4) is 0 Å². The molecular formula is C22H20FN5O4S. The molecule has 1 atom stereocenters. The molecule has 6 N–H and O–H groups in total. The Kier molecular flexibility index (Phi) is 7.61. The number of hydrogen-bond donors (Lipinski definition) is 4. The van der Waals surface area contributed by atoms with Gasteiger partial charge in [-0.15, -0.1) is 0 Å². The summed E-state index contributed by atoms with van der Waals surface area (Å²) < 4.78 is 31.1. The van der Waals surface area contributed by atoms with Gasteiger partial charge in [-0.25, -0.2) is 13.6 Å². The van der Waals surface area contributed by atoms with Crippen LogP contribution in [0.5, 0.6) is 0 Å². The number of halogens is 1. The topological polar surface area (TPSA) is 153 Å². The standard InChI is InChI=1S/C22H20FN5O4S/c1-13(14-5-4-6-15(11-14)21(24)28-30)20(23)22(29)27-19-10-9-16(12-26-19)17-7-2-3-8-18(17)33(31)32-25/h2-12,30H,25H2,1H3,(H2,24,28)(H,26,27,29)/b20-13+. The van der Waals surface area contributed by atoms with Crippen molar-refractivity contribution in [2.75, 3.05) is 5.32 Å². The highest BCUT2D eigenvalue weighted by Gasteiger charge is 2.16. The van der Waals surface area contributed by atoms with Crippen molar-refractivity contribution >= 4 is 34.2 Å². The van der Waals surface area contributed by atoms with Gasteiger partial charge in [-0.05, 0) is 42.3 Å². The molecule has 0 fully saturated rings. The van der Waals surface area contributed by atoms with Crippen molar-refractivity contribution in [3.63, 3.8) is 0 Å². The van der Waals surface area contributed by atoms with Crippen LogP contribution in [0.25, 0.3) is 16.7 Å². The number of hydrogen-bond acceptors (Lipinski definition) is 7. The molecule has 0 saturated heterocycles. The first kappa shape index (κ1) is 23.7. The summed E-state index contributed by atoms with van der Waals surface area (Å²) in [5.74, 6) is 3.01. The Morgan fingerprint density at radius 1 is 1.15 bits per heavy atom. The molecule has 0 radical (unpaired) electrons. The van der Waals surface area contributed by atoms with Crippen molar-refractivity contribution in [2.45, 2.75) is 11.8 Å². The smallest absolute Gasteiger partial charge is 0.285 e. The molecule has 1 amide bonds. The van der Waals surface area contributed by atoms with E-state index in [1.807, 2.05) is 0 Å². The van der Waals surface area contributed by atoms with Gasteiger partial charge in [-0.3, -0.25) is 4.79 Å². The van der Waals surface area contributed by atoms with E-state index in [1.165, 1.54) is 25.3 Å². The molecule has 9 nitrogen and oxygen atoms in total. The zero-order valence-corrected chi connectivity index (χ0v) is 18.2. The summed E-state index contributed by atoms with van der Waals surface area (Å²) in [5, 5.41) is 14.1. The fourth-order valence-electron chi connectivity index (χ4n) is 2.97. The highest BCUT2D eigenvalue weighted by Crippen LogP contribution is 2.27. The first-order valence-corrected chi connectivity index (χ1v) is 10.5. The number of allylic oxidation sites excluding steroid dienone is 1. The van der Waals surface area contributed by atoms with Crippen molar-refractivity contribution in [1.29, 1.82) is 0 Å². The highest BCUT2D eigenvalue weighted by atomic mass is 32.2. The molecule has 1 unspecified atom stereocenters. The number of carbonyl (C=O) groups is 1. The quantitative estimate of drug-likeness (QED) is 0.136. The number of aromatic nitrogens is 1. The predicted molar refractivity (Wildman–Crippen MR) is 123 cm³/mol. The first-order valence-electron chi connectivity index (χ1n) is 9.46. The van der Waals surface area contributed by atoms with Crippen LogP contribution in [-0.4, -0.2) is 26.1 Å². The lowest BCUT2D eigenvalue weighted by Crippen LogP contribution is -2.15. The van der Waals surface area contributed by atoms with Crippen molar-refractivity contribution in [3.05, 3.63) is 83.8 Å². The Bertz CT molecular complexity index is 1260. The molecule has 3 rings (SSSR count). The number of amidine groups is 1. The maximum atomic E-state index is 14.8. The Balaban J connectivity index is 1.81. The van der Waals surface area contributed by atoms with Gasteiger partial charge in [-0.1, -0.05) is 41.6 Å². The monoisotopic (exact) mass is 469 g/mol. The van der Waals surface area contributed by atoms with E-state index in [0.717, 1.165) is 0 Å². The van der Waals surface area contributed by atoms with Gasteiger partial charge < -0.3 is 16.3 Å². The zero-order valence-electron chi connectivity index (χ0n) is 17.4. The van der Waals surface area contributed by atoms with E-state index in [2.05, 4.69) is 19.7 Å². The second-order valence-corrected chi connectivity index (χ2v) is 7.82. The number of nitrogens with two attached hydrogens (primary N) is 2. The molecule has 0 aliphatic carbocycles. The number of nitrogens with one attached hydrogen (secondary N) is 1. The van der Waals surface area contributed by atoms with E-state index in [0.29, 0.717) is 27.1 Å². The second kappa shape index (κ2) is 10.6. The minimum absolute atomic E-state index is 0.0647. The Hall–Kier alpha value is -3.93. The van der Waals surface area contributed by atoms with E-state index in [1.54, 1.807) is 48.5 Å². The van der Waals surface area contributed by atoms with Crippen molar-refractivity contribution in [2.24, 2.45) is 16.8 Å². The normalized spacial score (nSPS) is 13.2. The van der Waals surface area contributed by atoms with Crippen LogP contribution < -0.4 is 16.9 Å². The van der Waals surface area contributed by atoms with Crippen LogP contribution in [0.4, 0.5) is 10.2 Å². The molecule has 3 aromatic rings. The molecule has 1 aromatic heterocycles. The van der Waals surface area contributed by atoms with E-state index in [-0.39, 0.29) is 17.2 Å². The molecule has 170 valence electrons. The number of oxime groups is 1. The number of benzene rings is 2. The lowest BCUT2D eigenvalue weighted by atomic mass is 10.0. The maximum absolute atomic E-state index is 14.8. The van der Waals surface area contributed by atoms with Crippen LogP contribution in [0.1, 0.15) is 18.1 Å². The fraction of sp³-hybridized carbons (Fsp3) is 0.0455. The summed E-state index contributed by atoms with van der Waals surface area (Å²) in [6.45, 7) is 1.44. The third kappa shape index (κ3) is 5.47. The molecular weight excluding hydrogens is 449 g/mol. The summed E-state index contributed by atoms with van der Waals surface area (Å²) >= 11 is -1.86. The largest absolute Gasteiger partial charge is 0.409 e. The zero-order chi connectivity index (χ0) is 24.0. The SMILES string of the molecule is C/C(=C(\F)C(=O)Nc1ccc(-c2ccccc2S(=O)ON)cn1)c1cccc(/C(N)=N/O)c1. The molecule has 0 aliphatic heterocycles. The number of nitrogens with zero attached hydrogens (tertiary/aromatic N) is 2. The number of rotatable bonds is 7. The molecule has 0 aliphatic rings. The van der Waals surface area contributed by atoms with Crippen molar-refractivity contribution in [1.82, 2.24) is 4.98 Å². The summed E-state index contributed by atoms with van der Waals surface area (Å²) in [5.41, 5.74) is 7.57. The van der Waals surface area contributed by atoms with Crippen molar-refractivity contribution < 1.29 is 22.9 Å². The number of carbonyl (C=O) groups excluding carboxylic acids is 1. The summed E-state index contributed by atoms with van der Waals surface area (Å²) in [6.07, 6.45) is 1.44. The first-order chi connectivity index (χ1) is 15.8. The highest BCUT2D eigenvalue weighted by molar-refractivity contribution is 7.80. The molecule has 2 aromatic carbocycles. The maximum Gasteiger partial charge on any atom is 0.285 e. The van der Waals surface area contributed by atoms with Crippen LogP contribution in [0.2, 0.25) is 0 Å². The van der Waals surface area contributed by atoms with Gasteiger partial charge in [-0.2, -0.15) is 10.2 Å². The average molecular weight is 469 g/mol. The van der Waals surface area contributed by atoms with Gasteiger partial charge in [0.1, 0.15) is 5.82 Å². The minimum atomic E-state index is -1.86. The summed E-state index contributed by atoms with van der Waals surface area (Å²) in [6, 6.07) is 16.1. The molecule has 11 heteroatoms. The molecule has 0 saturated carbocycles. The van der Waals surface area contributed by atoms with E-state index in [9.17, 15) is 13.4 Å². The van der Waals surface area contributed by atoms with E-state index in [4.69, 9.17) is 16.8 Å². The van der Waals surface area contributed by atoms with Crippen LogP contribution in [0.15, 0.2) is 82.7 Å². The minimum Gasteiger partial charge on any atom is -0.409 e. The van der Waals surface area contributed by atoms with Gasteiger partial charge in [0.25, 0.3) is 5.91 Å². The average Bonchev–Trinajstić information content (AvgIpc) is 2.87. The van der Waals surface area contributed by atoms with Gasteiger partial charge in [0.05, 0.1) is 4.90 Å². The molecule has 1 heterocycles. The third-order valence-corrected chi connectivity index (χ3v) is 5.59. The third-order valence-electron chi connectivity index (χ3n) is 4.70. The van der Waals surface area contributed by atoms with E-state index < -0.39 is 22.8 Å². The van der Waals surface area contributed by atoms with Gasteiger partial charge in [0.15, 0.2) is 11.7 Å². The summed E-state index contributed by atoms with van der Waals surface area (Å²) in [7, 11) is 0. The summed E-state index contributed by atoms with van der Waals surface area (Å²) in [4.78, 5) is 16.9. The van der Waals surface area contributed by atoms with E-state index >= 15 is 0 Å². The lowest BCUT2D eigenvalue weighted by Gasteiger charge is -2.10. The number of amides is 1. The van der Waals surface area contributed by atoms with Crippen LogP contribution in [0, 0.1) is 0 Å². The van der Waals surface area contributed by atoms with Crippen LogP contribution in [-0.2, 0) is 20.2 Å². The Morgan fingerprint density at radius 3 is 2.55 bits per heavy atom. The van der Waals surface area contributed by atoms with Gasteiger partial charge in [0, 0.05) is 22.9 Å². The van der Waals surface area contributed by atoms with Crippen LogP contribution >= 0.6 is 0 Å². The van der Waals surface area contributed by atoms with Gasteiger partial charge in [0.2, 0.25) is 11.1 Å². The Morgan fingerprint density at radius 2 is 1.88 bits per heavy atom. The van der Waals surface area contributed by atoms with Gasteiger partial charge >= 0.3 is 0 Å². The lowest BCUT2D eigenvalue weighted by molar-refractivity contribution is -0.114. The Labute approximate surface area is 191 Å². The molecule has 33 heavy (non-hydrogen) atoms. The number of pyridine rings is 1. The molecule has 0 bridgehead atoms. The second-order valence-electron chi connectivity index (χ2n) is 6.72.